The Hall–Kier alpha value is -3.71. The number of aliphatic hydroxyl groups is 1. The molecule has 0 unspecified atom stereocenters. The molecule has 0 bridgehead atoms. The van der Waals surface area contributed by atoms with Gasteiger partial charge in [-0.25, -0.2) is 0 Å². The fourth-order valence-electron chi connectivity index (χ4n) is 4.40. The van der Waals surface area contributed by atoms with Crippen LogP contribution in [0.5, 0.6) is 17.2 Å². The third kappa shape index (κ3) is 8.15. The van der Waals surface area contributed by atoms with Gasteiger partial charge < -0.3 is 34.3 Å². The van der Waals surface area contributed by atoms with Gasteiger partial charge in [0.05, 0.1) is 12.7 Å². The van der Waals surface area contributed by atoms with E-state index in [1.807, 2.05) is 18.2 Å². The van der Waals surface area contributed by atoms with E-state index in [4.69, 9.17) is 21.1 Å². The van der Waals surface area contributed by atoms with Gasteiger partial charge >= 0.3 is 17.5 Å². The summed E-state index contributed by atoms with van der Waals surface area (Å²) in [6.45, 7) is 2.26. The predicted molar refractivity (Wildman–Crippen MR) is 140 cm³/mol. The molecule has 3 aromatic rings. The second-order valence-electron chi connectivity index (χ2n) is 9.14. The first-order valence-electron chi connectivity index (χ1n) is 12.6. The fourth-order valence-corrected chi connectivity index (χ4v) is 4.62. The number of aliphatic hydroxyl groups excluding tert-OH is 1. The first-order valence-corrected chi connectivity index (χ1v) is 13.0. The number of halogens is 4. The highest BCUT2D eigenvalue weighted by molar-refractivity contribution is 6.28. The van der Waals surface area contributed by atoms with E-state index in [1.54, 1.807) is 0 Å². The topological polar surface area (TPSA) is 112 Å². The molecule has 2 aromatic carbocycles. The SMILES string of the molecule is O=[N+]([O-])c1cn(CC[C@@H](O)COc2cccc3c2CCCN3CCCOc2ccc(OC(F)(F)F)cc2)c(Cl)n1. The molecular formula is C26H28ClF3N4O6. The van der Waals surface area contributed by atoms with Gasteiger partial charge in [-0.05, 0) is 83.6 Å². The molecule has 0 radical (unpaired) electrons. The number of anilines is 1. The van der Waals surface area contributed by atoms with Gasteiger partial charge in [0, 0.05) is 30.9 Å². The van der Waals surface area contributed by atoms with E-state index in [0.717, 1.165) is 30.6 Å². The number of alkyl halides is 3. The van der Waals surface area contributed by atoms with Gasteiger partial charge in [-0.3, -0.25) is 4.57 Å². The van der Waals surface area contributed by atoms with Crippen molar-refractivity contribution in [3.05, 3.63) is 69.6 Å². The molecule has 0 fully saturated rings. The molecule has 1 aromatic heterocycles. The number of hydrogen-bond acceptors (Lipinski definition) is 8. The van der Waals surface area contributed by atoms with Crippen LogP contribution in [0, 0.1) is 10.1 Å². The van der Waals surface area contributed by atoms with Crippen LogP contribution < -0.4 is 19.1 Å². The molecule has 40 heavy (non-hydrogen) atoms. The molecule has 0 spiro atoms. The minimum absolute atomic E-state index is 0.0177. The minimum atomic E-state index is -4.74. The maximum atomic E-state index is 12.3. The summed E-state index contributed by atoms with van der Waals surface area (Å²) in [6, 6.07) is 11.1. The summed E-state index contributed by atoms with van der Waals surface area (Å²) in [6.07, 6.45) is -1.61. The first-order chi connectivity index (χ1) is 19.1. The van der Waals surface area contributed by atoms with Crippen molar-refractivity contribution in [2.45, 2.75) is 44.7 Å². The summed E-state index contributed by atoms with van der Waals surface area (Å²) in [7, 11) is 0. The summed E-state index contributed by atoms with van der Waals surface area (Å²) in [5.74, 6) is 0.492. The number of imidazole rings is 1. The minimum Gasteiger partial charge on any atom is -0.494 e. The van der Waals surface area contributed by atoms with Crippen LogP contribution in [0.4, 0.5) is 24.7 Å². The molecule has 0 aliphatic carbocycles. The van der Waals surface area contributed by atoms with Crippen LogP contribution in [0.3, 0.4) is 0 Å². The van der Waals surface area contributed by atoms with Gasteiger partial charge in [-0.2, -0.15) is 0 Å². The molecule has 0 saturated carbocycles. The van der Waals surface area contributed by atoms with Crippen LogP contribution in [0.2, 0.25) is 5.28 Å². The largest absolute Gasteiger partial charge is 0.573 e. The summed E-state index contributed by atoms with van der Waals surface area (Å²) in [5.41, 5.74) is 2.10. The van der Waals surface area contributed by atoms with Crippen LogP contribution >= 0.6 is 11.6 Å². The zero-order chi connectivity index (χ0) is 28.7. The molecule has 14 heteroatoms. The van der Waals surface area contributed by atoms with Crippen molar-refractivity contribution in [3.8, 4) is 17.2 Å². The van der Waals surface area contributed by atoms with Gasteiger partial charge in [-0.1, -0.05) is 6.07 Å². The van der Waals surface area contributed by atoms with E-state index < -0.39 is 17.4 Å². The zero-order valence-corrected chi connectivity index (χ0v) is 22.1. The molecular weight excluding hydrogens is 557 g/mol. The third-order valence-corrected chi connectivity index (χ3v) is 6.54. The Morgan fingerprint density at radius 1 is 1.12 bits per heavy atom. The lowest BCUT2D eigenvalue weighted by atomic mass is 10.0. The van der Waals surface area contributed by atoms with Crippen molar-refractivity contribution >= 4 is 23.1 Å². The first kappa shape index (κ1) is 29.3. The number of nitro groups is 1. The second-order valence-corrected chi connectivity index (χ2v) is 9.48. The van der Waals surface area contributed by atoms with E-state index in [0.29, 0.717) is 31.1 Å². The Morgan fingerprint density at radius 2 is 1.88 bits per heavy atom. The maximum Gasteiger partial charge on any atom is 0.573 e. The molecule has 1 aliphatic heterocycles. The van der Waals surface area contributed by atoms with Crippen LogP contribution in [-0.4, -0.2) is 58.4 Å². The molecule has 2 heterocycles. The van der Waals surface area contributed by atoms with E-state index in [1.165, 1.54) is 35.0 Å². The van der Waals surface area contributed by atoms with Crippen LogP contribution in [0.25, 0.3) is 0 Å². The van der Waals surface area contributed by atoms with Gasteiger partial charge in [0.15, 0.2) is 0 Å². The molecule has 216 valence electrons. The van der Waals surface area contributed by atoms with Crippen LogP contribution in [0.1, 0.15) is 24.8 Å². The van der Waals surface area contributed by atoms with Crippen molar-refractivity contribution < 1.29 is 37.4 Å². The number of ether oxygens (including phenoxy) is 3. The molecule has 0 saturated heterocycles. The standard InChI is InChI=1S/C26H28ClF3N4O6/c27-25-31-24(34(36)37)16-33(25)14-11-18(35)17-39-23-6-1-5-22-21(23)4-2-12-32(22)13-3-15-38-19-7-9-20(10-8-19)40-26(28,29)30/h1,5-10,16,18,35H,2-4,11-15,17H2/t18-/m1/s1. The number of aryl methyl sites for hydroxylation is 1. The Kier molecular flexibility index (Phi) is 9.58. The van der Waals surface area contributed by atoms with E-state index in [2.05, 4.69) is 14.6 Å². The zero-order valence-electron chi connectivity index (χ0n) is 21.3. The Labute approximate surface area is 233 Å². The number of hydrogen-bond donors (Lipinski definition) is 1. The molecule has 1 aliphatic rings. The lowest BCUT2D eigenvalue weighted by Gasteiger charge is -2.32. The smallest absolute Gasteiger partial charge is 0.494 e. The van der Waals surface area contributed by atoms with Crippen molar-refractivity contribution in [1.82, 2.24) is 9.55 Å². The molecule has 10 nitrogen and oxygen atoms in total. The van der Waals surface area contributed by atoms with Gasteiger partial charge in [0.25, 0.3) is 0 Å². The van der Waals surface area contributed by atoms with E-state index >= 15 is 0 Å². The Balaban J connectivity index is 1.24. The molecule has 0 amide bonds. The number of benzene rings is 2. The van der Waals surface area contributed by atoms with Crippen LogP contribution in [-0.2, 0) is 13.0 Å². The predicted octanol–water partition coefficient (Wildman–Crippen LogP) is 5.40. The number of rotatable bonds is 13. The van der Waals surface area contributed by atoms with Crippen molar-refractivity contribution in [3.63, 3.8) is 0 Å². The summed E-state index contributed by atoms with van der Waals surface area (Å²) >= 11 is 5.92. The second kappa shape index (κ2) is 13.1. The Morgan fingerprint density at radius 3 is 2.58 bits per heavy atom. The lowest BCUT2D eigenvalue weighted by Crippen LogP contribution is -2.31. The highest BCUT2D eigenvalue weighted by Gasteiger charge is 2.31. The molecule has 1 atom stereocenters. The summed E-state index contributed by atoms with van der Waals surface area (Å²) in [4.78, 5) is 16.1. The molecule has 4 rings (SSSR count). The highest BCUT2D eigenvalue weighted by atomic mass is 35.5. The number of nitrogens with zero attached hydrogens (tertiary/aromatic N) is 4. The number of aromatic nitrogens is 2. The van der Waals surface area contributed by atoms with E-state index in [9.17, 15) is 28.4 Å². The van der Waals surface area contributed by atoms with Crippen molar-refractivity contribution in [2.75, 3.05) is 31.2 Å². The maximum absolute atomic E-state index is 12.3. The van der Waals surface area contributed by atoms with Crippen molar-refractivity contribution in [1.29, 1.82) is 0 Å². The average Bonchev–Trinajstić information content (AvgIpc) is 3.29. The van der Waals surface area contributed by atoms with Gasteiger partial charge in [-0.15, -0.1) is 13.2 Å². The summed E-state index contributed by atoms with van der Waals surface area (Å²) < 4.78 is 53.8. The quantitative estimate of drug-likeness (QED) is 0.162. The van der Waals surface area contributed by atoms with E-state index in [-0.39, 0.29) is 36.4 Å². The van der Waals surface area contributed by atoms with Gasteiger partial charge in [0.2, 0.25) is 0 Å². The number of fused-ring (bicyclic) bond motifs is 1. The molecule has 1 N–H and O–H groups in total. The highest BCUT2D eigenvalue weighted by Crippen LogP contribution is 2.34. The van der Waals surface area contributed by atoms with Gasteiger partial charge in [0.1, 0.15) is 30.1 Å². The fraction of sp³-hybridized carbons (Fsp3) is 0.423. The average molecular weight is 585 g/mol. The van der Waals surface area contributed by atoms with Crippen molar-refractivity contribution in [2.24, 2.45) is 0 Å². The summed E-state index contributed by atoms with van der Waals surface area (Å²) in [5, 5.41) is 21.2. The lowest BCUT2D eigenvalue weighted by molar-refractivity contribution is -0.389. The third-order valence-electron chi connectivity index (χ3n) is 6.24. The Bertz CT molecular complexity index is 1290. The monoisotopic (exact) mass is 584 g/mol. The normalized spacial score (nSPS) is 14.0. The van der Waals surface area contributed by atoms with Crippen LogP contribution in [0.15, 0.2) is 48.7 Å².